The van der Waals surface area contributed by atoms with E-state index in [0.29, 0.717) is 0 Å². The van der Waals surface area contributed by atoms with Crippen molar-refractivity contribution in [2.24, 2.45) is 4.99 Å². The normalized spacial score (nSPS) is 20.4. The van der Waals surface area contributed by atoms with Crippen LogP contribution in [0.15, 0.2) is 4.99 Å². The number of halogens is 6. The van der Waals surface area contributed by atoms with E-state index in [1.165, 1.54) is 13.8 Å². The number of carbonyl (C=O) groups is 1. The minimum Gasteiger partial charge on any atom is -0.298 e. The number of rotatable bonds is 1. The van der Waals surface area contributed by atoms with Gasteiger partial charge in [0.15, 0.2) is 0 Å². The van der Waals surface area contributed by atoms with Crippen molar-refractivity contribution in [1.82, 2.24) is 10.2 Å². The maximum Gasteiger partial charge on any atom is 0.441 e. The van der Waals surface area contributed by atoms with E-state index in [0.717, 1.165) is 17.1 Å². The molecule has 0 aromatic carbocycles. The predicted molar refractivity (Wildman–Crippen MR) is 53.5 cm³/mol. The molecule has 0 saturated carbocycles. The van der Waals surface area contributed by atoms with Crippen LogP contribution in [0.5, 0.6) is 0 Å². The van der Waals surface area contributed by atoms with Gasteiger partial charge in [-0.3, -0.25) is 10.2 Å². The Kier molecular flexibility index (Phi) is 3.50. The van der Waals surface area contributed by atoms with Crippen LogP contribution in [0.4, 0.5) is 31.1 Å². The second kappa shape index (κ2) is 4.27. The van der Waals surface area contributed by atoms with Crippen molar-refractivity contribution in [1.29, 1.82) is 0 Å². The summed E-state index contributed by atoms with van der Waals surface area (Å²) < 4.78 is 76.2. The zero-order valence-corrected chi connectivity index (χ0v) is 10.1. The molecule has 0 saturated heterocycles. The highest BCUT2D eigenvalue weighted by Crippen LogP contribution is 2.45. The fourth-order valence-corrected chi connectivity index (χ4v) is 1.72. The molecular formula is C9H11F6N3O. The Labute approximate surface area is 104 Å². The zero-order chi connectivity index (χ0) is 15.2. The van der Waals surface area contributed by atoms with Crippen LogP contribution < -0.4 is 5.32 Å². The SMILES string of the molecule is CC1=NC(C(F)(F)F)(C(F)(F)F)NC(=O)N1C(C)C. The number of amides is 2. The number of urea groups is 1. The van der Waals surface area contributed by atoms with E-state index < -0.39 is 35.9 Å². The Balaban J connectivity index is 3.44. The first-order valence-electron chi connectivity index (χ1n) is 5.15. The van der Waals surface area contributed by atoms with Crippen molar-refractivity contribution in [3.63, 3.8) is 0 Å². The summed E-state index contributed by atoms with van der Waals surface area (Å²) in [6.07, 6.45) is -11.6. The van der Waals surface area contributed by atoms with Gasteiger partial charge >= 0.3 is 24.0 Å². The molecule has 2 amide bonds. The highest BCUT2D eigenvalue weighted by molar-refractivity contribution is 5.99. The number of nitrogens with one attached hydrogen (secondary N) is 1. The molecule has 0 atom stereocenters. The molecule has 0 unspecified atom stereocenters. The van der Waals surface area contributed by atoms with Crippen molar-refractivity contribution in [3.05, 3.63) is 0 Å². The lowest BCUT2D eigenvalue weighted by molar-refractivity contribution is -0.302. The van der Waals surface area contributed by atoms with Gasteiger partial charge in [-0.1, -0.05) is 0 Å². The molecule has 0 aromatic heterocycles. The van der Waals surface area contributed by atoms with Gasteiger partial charge in [0, 0.05) is 6.04 Å². The standard InChI is InChI=1S/C9H11F6N3O/c1-4(2)18-5(3)16-7(8(10,11)12,9(13,14)15)17-6(18)19/h4H,1-3H3,(H,17,19). The maximum atomic E-state index is 12.7. The molecule has 1 N–H and O–H groups in total. The Bertz CT molecular complexity index is 397. The zero-order valence-electron chi connectivity index (χ0n) is 10.1. The third-order valence-electron chi connectivity index (χ3n) is 2.52. The number of alkyl halides is 6. The average Bonchev–Trinajstić information content (AvgIpc) is 2.11. The average molecular weight is 291 g/mol. The number of nitrogens with zero attached hydrogens (tertiary/aromatic N) is 2. The summed E-state index contributed by atoms with van der Waals surface area (Å²) in [5, 5.41) is 0.921. The lowest BCUT2D eigenvalue weighted by atomic mass is 10.1. The van der Waals surface area contributed by atoms with E-state index in [2.05, 4.69) is 4.99 Å². The van der Waals surface area contributed by atoms with E-state index in [1.807, 2.05) is 0 Å². The maximum absolute atomic E-state index is 12.7. The molecule has 0 spiro atoms. The van der Waals surface area contributed by atoms with Gasteiger partial charge in [-0.2, -0.15) is 26.3 Å². The third kappa shape index (κ3) is 2.35. The topological polar surface area (TPSA) is 44.7 Å². The number of aliphatic imine (C=N–C) groups is 1. The van der Waals surface area contributed by atoms with Crippen molar-refractivity contribution in [3.8, 4) is 0 Å². The molecule has 4 nitrogen and oxygen atoms in total. The number of amidine groups is 1. The van der Waals surface area contributed by atoms with Crippen molar-refractivity contribution >= 4 is 11.9 Å². The van der Waals surface area contributed by atoms with E-state index in [9.17, 15) is 31.1 Å². The van der Waals surface area contributed by atoms with Crippen LogP contribution in [0.1, 0.15) is 20.8 Å². The monoisotopic (exact) mass is 291 g/mol. The highest BCUT2D eigenvalue weighted by Gasteiger charge is 2.74. The Morgan fingerprint density at radius 1 is 1.16 bits per heavy atom. The first-order chi connectivity index (χ1) is 8.33. The van der Waals surface area contributed by atoms with Crippen LogP contribution in [-0.4, -0.2) is 40.8 Å². The highest BCUT2D eigenvalue weighted by atomic mass is 19.4. The molecule has 1 aliphatic heterocycles. The largest absolute Gasteiger partial charge is 0.441 e. The molecule has 110 valence electrons. The lowest BCUT2D eigenvalue weighted by Crippen LogP contribution is -2.72. The van der Waals surface area contributed by atoms with Gasteiger partial charge in [-0.05, 0) is 20.8 Å². The molecule has 1 aliphatic rings. The quantitative estimate of drug-likeness (QED) is 0.742. The second-order valence-corrected chi connectivity index (χ2v) is 4.26. The van der Waals surface area contributed by atoms with E-state index in [-0.39, 0.29) is 0 Å². The molecule has 0 fully saturated rings. The van der Waals surface area contributed by atoms with Crippen LogP contribution in [0.3, 0.4) is 0 Å². The van der Waals surface area contributed by atoms with Gasteiger partial charge in [0.2, 0.25) is 0 Å². The molecule has 0 radical (unpaired) electrons. The summed E-state index contributed by atoms with van der Waals surface area (Å²) in [6, 6.07) is -2.11. The molecule has 0 aliphatic carbocycles. The fraction of sp³-hybridized carbons (Fsp3) is 0.778. The number of hydrogen-bond donors (Lipinski definition) is 1. The first-order valence-corrected chi connectivity index (χ1v) is 5.15. The molecule has 0 aromatic rings. The first kappa shape index (κ1) is 15.6. The van der Waals surface area contributed by atoms with Gasteiger partial charge in [-0.15, -0.1) is 0 Å². The molecule has 1 rings (SSSR count). The van der Waals surface area contributed by atoms with Gasteiger partial charge < -0.3 is 0 Å². The van der Waals surface area contributed by atoms with Crippen molar-refractivity contribution in [2.75, 3.05) is 0 Å². The van der Waals surface area contributed by atoms with Crippen LogP contribution in [0.25, 0.3) is 0 Å². The van der Waals surface area contributed by atoms with Crippen LogP contribution in [0, 0.1) is 0 Å². The van der Waals surface area contributed by atoms with Crippen molar-refractivity contribution < 1.29 is 31.1 Å². The summed E-state index contributed by atoms with van der Waals surface area (Å²) in [7, 11) is 0. The second-order valence-electron chi connectivity index (χ2n) is 4.26. The Morgan fingerprint density at radius 2 is 1.58 bits per heavy atom. The van der Waals surface area contributed by atoms with E-state index in [1.54, 1.807) is 0 Å². The third-order valence-corrected chi connectivity index (χ3v) is 2.52. The smallest absolute Gasteiger partial charge is 0.298 e. The molecule has 0 bridgehead atoms. The number of hydrogen-bond acceptors (Lipinski definition) is 2. The molecule has 10 heteroatoms. The summed E-state index contributed by atoms with van der Waals surface area (Å²) in [4.78, 5) is 14.9. The molecular weight excluding hydrogens is 280 g/mol. The van der Waals surface area contributed by atoms with Gasteiger partial charge in [0.1, 0.15) is 5.84 Å². The van der Waals surface area contributed by atoms with Crippen LogP contribution in [0.2, 0.25) is 0 Å². The summed E-state index contributed by atoms with van der Waals surface area (Å²) in [5.41, 5.74) is -4.59. The number of carbonyl (C=O) groups excluding carboxylic acids is 1. The lowest BCUT2D eigenvalue weighted by Gasteiger charge is -2.41. The Morgan fingerprint density at radius 3 is 1.84 bits per heavy atom. The minimum atomic E-state index is -5.79. The van der Waals surface area contributed by atoms with Crippen LogP contribution >= 0.6 is 0 Å². The van der Waals surface area contributed by atoms with Crippen molar-refractivity contribution in [2.45, 2.75) is 44.8 Å². The summed E-state index contributed by atoms with van der Waals surface area (Å²) in [5.74, 6) is -0.645. The summed E-state index contributed by atoms with van der Waals surface area (Å²) >= 11 is 0. The molecule has 19 heavy (non-hydrogen) atoms. The van der Waals surface area contributed by atoms with E-state index in [4.69, 9.17) is 0 Å². The van der Waals surface area contributed by atoms with Gasteiger partial charge in [0.25, 0.3) is 0 Å². The fourth-order valence-electron chi connectivity index (χ4n) is 1.72. The van der Waals surface area contributed by atoms with Gasteiger partial charge in [0.05, 0.1) is 0 Å². The predicted octanol–water partition coefficient (Wildman–Crippen LogP) is 2.66. The van der Waals surface area contributed by atoms with Crippen LogP contribution in [-0.2, 0) is 0 Å². The van der Waals surface area contributed by atoms with E-state index >= 15 is 0 Å². The summed E-state index contributed by atoms with van der Waals surface area (Å²) in [6.45, 7) is 3.80. The minimum absolute atomic E-state index is 0.622. The Hall–Kier alpha value is -1.48. The van der Waals surface area contributed by atoms with Gasteiger partial charge in [-0.25, -0.2) is 9.79 Å². The molecule has 1 heterocycles.